The maximum Gasteiger partial charge on any atom is 0.472 e. The molecule has 0 fully saturated rings. The molecule has 0 aliphatic rings. The van der Waals surface area contributed by atoms with E-state index in [0.29, 0.717) is 31.6 Å². The van der Waals surface area contributed by atoms with Gasteiger partial charge < -0.3 is 33.8 Å². The van der Waals surface area contributed by atoms with Crippen molar-refractivity contribution in [1.29, 1.82) is 0 Å². The van der Waals surface area contributed by atoms with Crippen molar-refractivity contribution in [2.45, 2.75) is 382 Å². The fourth-order valence-electron chi connectivity index (χ4n) is 11.0. The molecule has 0 aliphatic carbocycles. The highest BCUT2D eigenvalue weighted by Crippen LogP contribution is 2.45. The van der Waals surface area contributed by atoms with Gasteiger partial charge in [0.25, 0.3) is 0 Å². The quantitative estimate of drug-likeness (QED) is 0.0222. The summed E-state index contributed by atoms with van der Waals surface area (Å²) in [5.41, 5.74) is 0. The number of aliphatic hydroxyl groups is 1. The third-order valence-corrected chi connectivity index (χ3v) is 19.4. The largest absolute Gasteiger partial charge is 0.472 e. The molecule has 17 nitrogen and oxygen atoms in total. The molecule has 0 aromatic heterocycles. The standard InChI is InChI=1S/C73H142O17P2/c1-9-65(7)51-43-35-26-19-15-13-11-12-14-16-21-28-37-45-53-70(75)83-59-68(89-72(77)55-47-39-30-22-18-17-20-27-36-44-52-66(8)10-2)61-87-91(79,80)85-57-67(74)58-86-92(81,82)88-62-69(90-73(78)56-48-40-32-31-34-42-50-64(5)6)60-84-71(76)54-46-38-29-24-23-25-33-41-49-63(3)4/h63-69,74H,9-62H2,1-8H3,(H,79,80)(H,81,82)/t65?,66?,67?,68-,69-/m1/s1. The Bertz CT molecular complexity index is 1820. The molecule has 0 aromatic rings. The van der Waals surface area contributed by atoms with Gasteiger partial charge in [-0.2, -0.15) is 0 Å². The van der Waals surface area contributed by atoms with Crippen molar-refractivity contribution in [3.8, 4) is 0 Å². The van der Waals surface area contributed by atoms with E-state index < -0.39 is 97.5 Å². The average Bonchev–Trinajstić information content (AvgIpc) is 2.08. The van der Waals surface area contributed by atoms with Crippen LogP contribution in [-0.2, 0) is 65.4 Å². The second-order valence-corrected chi connectivity index (χ2v) is 30.7. The van der Waals surface area contributed by atoms with Gasteiger partial charge in [-0.25, -0.2) is 9.13 Å². The van der Waals surface area contributed by atoms with E-state index in [2.05, 4.69) is 55.4 Å². The summed E-state index contributed by atoms with van der Waals surface area (Å²) >= 11 is 0. The van der Waals surface area contributed by atoms with Crippen LogP contribution in [0.5, 0.6) is 0 Å². The summed E-state index contributed by atoms with van der Waals surface area (Å²) in [7, 11) is -9.91. The third-order valence-electron chi connectivity index (χ3n) is 17.5. The first-order valence-corrected chi connectivity index (χ1v) is 40.8. The number of unbranched alkanes of at least 4 members (excludes halogenated alkanes) is 34. The zero-order chi connectivity index (χ0) is 68.2. The number of hydrogen-bond donors (Lipinski definition) is 3. The van der Waals surface area contributed by atoms with Crippen LogP contribution < -0.4 is 0 Å². The normalized spacial score (nSPS) is 14.8. The molecule has 0 saturated carbocycles. The number of ether oxygens (including phenoxy) is 4. The summed E-state index contributed by atoms with van der Waals surface area (Å²) in [5.74, 6) is 0.919. The lowest BCUT2D eigenvalue weighted by Crippen LogP contribution is -2.30. The molecule has 0 aliphatic heterocycles. The lowest BCUT2D eigenvalue weighted by atomic mass is 9.99. The number of aliphatic hydroxyl groups excluding tert-OH is 1. The molecule has 0 heterocycles. The highest BCUT2D eigenvalue weighted by Gasteiger charge is 2.30. The van der Waals surface area contributed by atoms with E-state index in [1.54, 1.807) is 0 Å². The number of phosphoric acid groups is 2. The molecule has 7 atom stereocenters. The van der Waals surface area contributed by atoms with Crippen molar-refractivity contribution in [3.63, 3.8) is 0 Å². The van der Waals surface area contributed by atoms with Crippen molar-refractivity contribution in [3.05, 3.63) is 0 Å². The van der Waals surface area contributed by atoms with Crippen LogP contribution in [-0.4, -0.2) is 96.7 Å². The van der Waals surface area contributed by atoms with Gasteiger partial charge in [-0.05, 0) is 49.4 Å². The molecule has 19 heteroatoms. The van der Waals surface area contributed by atoms with E-state index in [1.807, 2.05) is 0 Å². The molecule has 0 aromatic carbocycles. The Labute approximate surface area is 562 Å². The summed E-state index contributed by atoms with van der Waals surface area (Å²) < 4.78 is 68.3. The predicted octanol–water partition coefficient (Wildman–Crippen LogP) is 20.9. The van der Waals surface area contributed by atoms with Gasteiger partial charge in [0, 0.05) is 25.7 Å². The zero-order valence-electron chi connectivity index (χ0n) is 60.2. The highest BCUT2D eigenvalue weighted by atomic mass is 31.2. The number of rotatable bonds is 70. The Morgan fingerprint density at radius 3 is 0.772 bits per heavy atom. The summed E-state index contributed by atoms with van der Waals surface area (Å²) in [6, 6.07) is 0. The minimum Gasteiger partial charge on any atom is -0.462 e. The lowest BCUT2D eigenvalue weighted by molar-refractivity contribution is -0.161. The molecule has 3 N–H and O–H groups in total. The fourth-order valence-corrected chi connectivity index (χ4v) is 12.5. The molecule has 0 rings (SSSR count). The first-order chi connectivity index (χ1) is 44.2. The van der Waals surface area contributed by atoms with Gasteiger partial charge in [0.05, 0.1) is 26.4 Å². The Hall–Kier alpha value is -1.94. The molecule has 92 heavy (non-hydrogen) atoms. The van der Waals surface area contributed by atoms with E-state index >= 15 is 0 Å². The van der Waals surface area contributed by atoms with Crippen LogP contribution in [0.15, 0.2) is 0 Å². The predicted molar refractivity (Wildman–Crippen MR) is 372 cm³/mol. The molecule has 0 radical (unpaired) electrons. The average molecular weight is 1350 g/mol. The van der Waals surface area contributed by atoms with E-state index in [0.717, 1.165) is 108 Å². The number of esters is 4. The fraction of sp³-hybridized carbons (Fsp3) is 0.945. The van der Waals surface area contributed by atoms with E-state index in [-0.39, 0.29) is 25.7 Å². The summed E-state index contributed by atoms with van der Waals surface area (Å²) in [6.07, 6.45) is 45.9. The van der Waals surface area contributed by atoms with Crippen LogP contribution in [0.3, 0.4) is 0 Å². The third kappa shape index (κ3) is 64.1. The molecule has 5 unspecified atom stereocenters. The van der Waals surface area contributed by atoms with Crippen LogP contribution in [0, 0.1) is 23.7 Å². The number of carbonyl (C=O) groups is 4. The van der Waals surface area contributed by atoms with E-state index in [1.165, 1.54) is 167 Å². The summed E-state index contributed by atoms with van der Waals surface area (Å²) in [4.78, 5) is 72.6. The first-order valence-electron chi connectivity index (χ1n) is 37.8. The summed E-state index contributed by atoms with van der Waals surface area (Å²) in [5, 5.41) is 10.6. The van der Waals surface area contributed by atoms with Crippen molar-refractivity contribution in [2.75, 3.05) is 39.6 Å². The Morgan fingerprint density at radius 2 is 0.522 bits per heavy atom. The minimum absolute atomic E-state index is 0.101. The summed E-state index contributed by atoms with van der Waals surface area (Å²) in [6.45, 7) is 14.1. The van der Waals surface area contributed by atoms with Crippen molar-refractivity contribution < 1.29 is 80.2 Å². The molecule has 0 saturated heterocycles. The van der Waals surface area contributed by atoms with Crippen LogP contribution in [0.1, 0.15) is 364 Å². The van der Waals surface area contributed by atoms with E-state index in [9.17, 15) is 43.2 Å². The zero-order valence-corrected chi connectivity index (χ0v) is 62.0. The minimum atomic E-state index is -4.96. The molecular formula is C73H142O17P2. The Morgan fingerprint density at radius 1 is 0.304 bits per heavy atom. The van der Waals surface area contributed by atoms with Gasteiger partial charge in [-0.1, -0.05) is 312 Å². The van der Waals surface area contributed by atoms with Crippen LogP contribution in [0.4, 0.5) is 0 Å². The SMILES string of the molecule is CCC(C)CCCCCCCCCCCCCCCCC(=O)OC[C@H](COP(=O)(O)OCC(O)COP(=O)(O)OC[C@@H](COC(=O)CCCCCCCCCCC(C)C)OC(=O)CCCCCCCCC(C)C)OC(=O)CCCCCCCCCCCCC(C)CC. The first kappa shape index (κ1) is 90.1. The molecule has 546 valence electrons. The maximum absolute atomic E-state index is 13.1. The van der Waals surface area contributed by atoms with Crippen LogP contribution >= 0.6 is 15.6 Å². The maximum atomic E-state index is 13.1. The van der Waals surface area contributed by atoms with Gasteiger partial charge in [-0.3, -0.25) is 37.3 Å². The second-order valence-electron chi connectivity index (χ2n) is 27.8. The Balaban J connectivity index is 5.22. The number of hydrogen-bond acceptors (Lipinski definition) is 15. The number of carbonyl (C=O) groups excluding carboxylic acids is 4. The van der Waals surface area contributed by atoms with E-state index in [4.69, 9.17) is 37.0 Å². The molecular weight excluding hydrogens is 1210 g/mol. The highest BCUT2D eigenvalue weighted by molar-refractivity contribution is 7.47. The van der Waals surface area contributed by atoms with Gasteiger partial charge >= 0.3 is 39.5 Å². The van der Waals surface area contributed by atoms with Gasteiger partial charge in [0.15, 0.2) is 12.2 Å². The van der Waals surface area contributed by atoms with Crippen LogP contribution in [0.2, 0.25) is 0 Å². The van der Waals surface area contributed by atoms with Crippen molar-refractivity contribution >= 4 is 39.5 Å². The molecule has 0 spiro atoms. The lowest BCUT2D eigenvalue weighted by Gasteiger charge is -2.21. The van der Waals surface area contributed by atoms with Gasteiger partial charge in [0.1, 0.15) is 19.3 Å². The smallest absolute Gasteiger partial charge is 0.462 e. The van der Waals surface area contributed by atoms with Gasteiger partial charge in [-0.15, -0.1) is 0 Å². The second kappa shape index (κ2) is 62.6. The van der Waals surface area contributed by atoms with Crippen LogP contribution in [0.25, 0.3) is 0 Å². The van der Waals surface area contributed by atoms with Crippen molar-refractivity contribution in [1.82, 2.24) is 0 Å². The van der Waals surface area contributed by atoms with Crippen molar-refractivity contribution in [2.24, 2.45) is 23.7 Å². The topological polar surface area (TPSA) is 237 Å². The molecule has 0 bridgehead atoms. The monoisotopic (exact) mass is 1350 g/mol. The number of phosphoric ester groups is 2. The molecule has 0 amide bonds. The Kier molecular flexibility index (Phi) is 61.3. The van der Waals surface area contributed by atoms with Gasteiger partial charge in [0.2, 0.25) is 0 Å².